The van der Waals surface area contributed by atoms with Gasteiger partial charge >= 0.3 is 5.97 Å². The Bertz CT molecular complexity index is 402. The molecule has 0 unspecified atom stereocenters. The monoisotopic (exact) mass is 285 g/mol. The van der Waals surface area contributed by atoms with Gasteiger partial charge in [-0.05, 0) is 31.2 Å². The van der Waals surface area contributed by atoms with Crippen LogP contribution in [0.4, 0.5) is 5.69 Å². The molecule has 0 heterocycles. The molecule has 5 heteroatoms. The summed E-state index contributed by atoms with van der Waals surface area (Å²) in [7, 11) is 0. The molecule has 0 saturated carbocycles. The molecule has 86 valence electrons. The van der Waals surface area contributed by atoms with Gasteiger partial charge in [0, 0.05) is 17.1 Å². The summed E-state index contributed by atoms with van der Waals surface area (Å²) in [5, 5.41) is 8.91. The van der Waals surface area contributed by atoms with E-state index in [2.05, 4.69) is 15.9 Å². The van der Waals surface area contributed by atoms with Gasteiger partial charge in [-0.15, -0.1) is 0 Å². The first-order chi connectivity index (χ1) is 7.43. The van der Waals surface area contributed by atoms with Crippen LogP contribution in [-0.4, -0.2) is 23.0 Å². The quantitative estimate of drug-likeness (QED) is 0.927. The Labute approximate surface area is 102 Å². The topological polar surface area (TPSA) is 57.6 Å². The smallest absolute Gasteiger partial charge is 0.326 e. The van der Waals surface area contributed by atoms with E-state index in [1.54, 1.807) is 24.3 Å². The second-order valence-electron chi connectivity index (χ2n) is 3.38. The Morgan fingerprint density at radius 2 is 1.81 bits per heavy atom. The minimum atomic E-state index is -1.03. The third-order valence-electron chi connectivity index (χ3n) is 2.19. The normalized spacial score (nSPS) is 11.9. The van der Waals surface area contributed by atoms with Gasteiger partial charge < -0.3 is 5.11 Å². The van der Waals surface area contributed by atoms with Gasteiger partial charge in [0.25, 0.3) is 0 Å². The molecule has 0 aliphatic heterocycles. The maximum atomic E-state index is 11.4. The van der Waals surface area contributed by atoms with Gasteiger partial charge in [-0.3, -0.25) is 9.69 Å². The number of hydrogen-bond acceptors (Lipinski definition) is 2. The van der Waals surface area contributed by atoms with Gasteiger partial charge in [0.1, 0.15) is 6.04 Å². The van der Waals surface area contributed by atoms with Crippen LogP contribution < -0.4 is 4.90 Å². The van der Waals surface area contributed by atoms with Crippen LogP contribution in [0, 0.1) is 0 Å². The van der Waals surface area contributed by atoms with E-state index in [4.69, 9.17) is 5.11 Å². The van der Waals surface area contributed by atoms with Crippen molar-refractivity contribution in [2.24, 2.45) is 0 Å². The van der Waals surface area contributed by atoms with Gasteiger partial charge in [0.05, 0.1) is 0 Å². The number of carbonyl (C=O) groups excluding carboxylic acids is 1. The average molecular weight is 286 g/mol. The number of carbonyl (C=O) groups is 2. The molecule has 0 aliphatic rings. The van der Waals surface area contributed by atoms with Gasteiger partial charge in [-0.2, -0.15) is 0 Å². The van der Waals surface area contributed by atoms with Crippen LogP contribution >= 0.6 is 15.9 Å². The van der Waals surface area contributed by atoms with E-state index < -0.39 is 12.0 Å². The first-order valence-corrected chi connectivity index (χ1v) is 5.51. The molecule has 1 rings (SSSR count). The largest absolute Gasteiger partial charge is 0.480 e. The summed E-state index contributed by atoms with van der Waals surface area (Å²) >= 11 is 3.28. The summed E-state index contributed by atoms with van der Waals surface area (Å²) in [6, 6.07) is 6.05. The number of nitrogens with zero attached hydrogens (tertiary/aromatic N) is 1. The summed E-state index contributed by atoms with van der Waals surface area (Å²) in [6.07, 6.45) is 0. The predicted molar refractivity (Wildman–Crippen MR) is 64.4 cm³/mol. The van der Waals surface area contributed by atoms with Crippen molar-refractivity contribution in [2.45, 2.75) is 19.9 Å². The van der Waals surface area contributed by atoms with E-state index in [-0.39, 0.29) is 5.91 Å². The van der Waals surface area contributed by atoms with Crippen molar-refractivity contribution in [2.75, 3.05) is 4.90 Å². The van der Waals surface area contributed by atoms with Gasteiger partial charge in [-0.1, -0.05) is 15.9 Å². The number of rotatable bonds is 3. The van der Waals surface area contributed by atoms with Gasteiger partial charge in [0.15, 0.2) is 0 Å². The molecule has 0 spiro atoms. The SMILES string of the molecule is CC(=O)N(c1ccc(Br)cc1)[C@@H](C)C(=O)O. The van der Waals surface area contributed by atoms with Crippen molar-refractivity contribution < 1.29 is 14.7 Å². The molecular weight excluding hydrogens is 274 g/mol. The van der Waals surface area contributed by atoms with Crippen LogP contribution in [0.3, 0.4) is 0 Å². The standard InChI is InChI=1S/C11H12BrNO3/c1-7(11(15)16)13(8(2)14)10-5-3-9(12)4-6-10/h3-7H,1-2H3,(H,15,16)/t7-/m0/s1. The number of aliphatic carboxylic acids is 1. The lowest BCUT2D eigenvalue weighted by Crippen LogP contribution is -2.42. The molecule has 0 aliphatic carbocycles. The van der Waals surface area contributed by atoms with Crippen LogP contribution in [0.1, 0.15) is 13.8 Å². The van der Waals surface area contributed by atoms with Crippen LogP contribution in [0.15, 0.2) is 28.7 Å². The molecule has 0 bridgehead atoms. The molecule has 1 aromatic carbocycles. The molecule has 1 atom stereocenters. The highest BCUT2D eigenvalue weighted by Crippen LogP contribution is 2.20. The van der Waals surface area contributed by atoms with Crippen LogP contribution in [-0.2, 0) is 9.59 Å². The number of carboxylic acids is 1. The van der Waals surface area contributed by atoms with E-state index in [0.29, 0.717) is 5.69 Å². The first-order valence-electron chi connectivity index (χ1n) is 4.71. The Hall–Kier alpha value is -1.36. The molecule has 0 fully saturated rings. The predicted octanol–water partition coefficient (Wildman–Crippen LogP) is 2.28. The first kappa shape index (κ1) is 12.7. The van der Waals surface area contributed by atoms with Crippen molar-refractivity contribution in [3.05, 3.63) is 28.7 Å². The highest BCUT2D eigenvalue weighted by molar-refractivity contribution is 9.10. The number of hydrogen-bond donors (Lipinski definition) is 1. The number of halogens is 1. The second kappa shape index (κ2) is 5.12. The van der Waals surface area contributed by atoms with Crippen molar-refractivity contribution in [1.82, 2.24) is 0 Å². The molecule has 1 N–H and O–H groups in total. The van der Waals surface area contributed by atoms with Crippen LogP contribution in [0.5, 0.6) is 0 Å². The summed E-state index contributed by atoms with van der Waals surface area (Å²) < 4.78 is 0.878. The van der Waals surface area contributed by atoms with E-state index in [1.165, 1.54) is 18.7 Å². The fraction of sp³-hybridized carbons (Fsp3) is 0.273. The minimum Gasteiger partial charge on any atom is -0.480 e. The molecule has 16 heavy (non-hydrogen) atoms. The average Bonchev–Trinajstić information content (AvgIpc) is 2.20. The zero-order valence-corrected chi connectivity index (χ0v) is 10.6. The fourth-order valence-corrected chi connectivity index (χ4v) is 1.65. The zero-order chi connectivity index (χ0) is 12.3. The lowest BCUT2D eigenvalue weighted by atomic mass is 10.2. The van der Waals surface area contributed by atoms with Crippen LogP contribution in [0.25, 0.3) is 0 Å². The van der Waals surface area contributed by atoms with Crippen LogP contribution in [0.2, 0.25) is 0 Å². The Morgan fingerprint density at radius 3 is 2.19 bits per heavy atom. The number of benzene rings is 1. The number of anilines is 1. The van der Waals surface area contributed by atoms with Gasteiger partial charge in [-0.25, -0.2) is 4.79 Å². The Balaban J connectivity index is 3.07. The third-order valence-corrected chi connectivity index (χ3v) is 2.72. The molecule has 0 saturated heterocycles. The van der Waals surface area contributed by atoms with E-state index in [9.17, 15) is 9.59 Å². The third kappa shape index (κ3) is 2.82. The molecule has 1 aromatic rings. The molecule has 0 aromatic heterocycles. The van der Waals surface area contributed by atoms with E-state index >= 15 is 0 Å². The van der Waals surface area contributed by atoms with E-state index in [1.807, 2.05) is 0 Å². The van der Waals surface area contributed by atoms with Crippen molar-refractivity contribution in [1.29, 1.82) is 0 Å². The molecular formula is C11H12BrNO3. The summed E-state index contributed by atoms with van der Waals surface area (Å²) in [4.78, 5) is 23.6. The van der Waals surface area contributed by atoms with Crippen molar-refractivity contribution >= 4 is 33.5 Å². The molecule has 0 radical (unpaired) electrons. The highest BCUT2D eigenvalue weighted by Gasteiger charge is 2.24. The van der Waals surface area contributed by atoms with Gasteiger partial charge in [0.2, 0.25) is 5.91 Å². The molecule has 1 amide bonds. The fourth-order valence-electron chi connectivity index (χ4n) is 1.39. The maximum Gasteiger partial charge on any atom is 0.326 e. The molecule has 4 nitrogen and oxygen atoms in total. The van der Waals surface area contributed by atoms with Crippen molar-refractivity contribution in [3.8, 4) is 0 Å². The highest BCUT2D eigenvalue weighted by atomic mass is 79.9. The summed E-state index contributed by atoms with van der Waals surface area (Å²) in [6.45, 7) is 2.83. The summed E-state index contributed by atoms with van der Waals surface area (Å²) in [5.41, 5.74) is 0.575. The second-order valence-corrected chi connectivity index (χ2v) is 4.30. The number of amides is 1. The maximum absolute atomic E-state index is 11.4. The lowest BCUT2D eigenvalue weighted by Gasteiger charge is -2.25. The van der Waals surface area contributed by atoms with Crippen molar-refractivity contribution in [3.63, 3.8) is 0 Å². The Kier molecular flexibility index (Phi) is 4.06. The zero-order valence-electron chi connectivity index (χ0n) is 8.98. The Morgan fingerprint density at radius 1 is 1.31 bits per heavy atom. The van der Waals surface area contributed by atoms with E-state index in [0.717, 1.165) is 4.47 Å². The summed E-state index contributed by atoms with van der Waals surface area (Å²) in [5.74, 6) is -1.32. The number of carboxylic acid groups (broad SMARTS) is 1. The minimum absolute atomic E-state index is 0.294. The lowest BCUT2D eigenvalue weighted by molar-refractivity contribution is -0.139.